The summed E-state index contributed by atoms with van der Waals surface area (Å²) in [4.78, 5) is 39.8. The van der Waals surface area contributed by atoms with E-state index in [1.165, 1.54) is 10.5 Å². The van der Waals surface area contributed by atoms with Crippen LogP contribution in [0.1, 0.15) is 49.8 Å². The molecule has 33 heavy (non-hydrogen) atoms. The highest BCUT2D eigenvalue weighted by Crippen LogP contribution is 2.23. The number of benzene rings is 2. The van der Waals surface area contributed by atoms with Crippen molar-refractivity contribution in [3.05, 3.63) is 71.3 Å². The standard InChI is InChI=1S/C27H34N2O4/c1-19(2)17-22-9-11-23(12-10-22)20(3)27(32)29-15-14-28-26(31)24(29)18-25(30)33-16-13-21-7-5-4-6-8-21/h4-12,19-20,24H,13-18H2,1-3H3,(H,28,31). The third kappa shape index (κ3) is 6.91. The van der Waals surface area contributed by atoms with Crippen molar-refractivity contribution >= 4 is 17.8 Å². The first kappa shape index (κ1) is 24.5. The van der Waals surface area contributed by atoms with Crippen molar-refractivity contribution < 1.29 is 19.1 Å². The molecule has 0 saturated carbocycles. The maximum Gasteiger partial charge on any atom is 0.308 e. The van der Waals surface area contributed by atoms with E-state index in [1.54, 1.807) is 0 Å². The third-order valence-corrected chi connectivity index (χ3v) is 5.96. The van der Waals surface area contributed by atoms with Crippen LogP contribution < -0.4 is 5.32 Å². The molecular formula is C27H34N2O4. The van der Waals surface area contributed by atoms with Crippen molar-refractivity contribution in [1.82, 2.24) is 10.2 Å². The fraction of sp³-hybridized carbons (Fsp3) is 0.444. The predicted octanol–water partition coefficient (Wildman–Crippen LogP) is 3.49. The molecule has 1 heterocycles. The highest BCUT2D eigenvalue weighted by atomic mass is 16.5. The summed E-state index contributed by atoms with van der Waals surface area (Å²) in [5, 5.41) is 2.77. The molecule has 0 bridgehead atoms. The third-order valence-electron chi connectivity index (χ3n) is 5.96. The lowest BCUT2D eigenvalue weighted by Gasteiger charge is -2.36. The number of nitrogens with zero attached hydrogens (tertiary/aromatic N) is 1. The molecule has 6 nitrogen and oxygen atoms in total. The largest absolute Gasteiger partial charge is 0.465 e. The van der Waals surface area contributed by atoms with Gasteiger partial charge in [0.25, 0.3) is 0 Å². The van der Waals surface area contributed by atoms with Crippen LogP contribution in [0.5, 0.6) is 0 Å². The Bertz CT molecular complexity index is 940. The summed E-state index contributed by atoms with van der Waals surface area (Å²) in [6, 6.07) is 17.0. The fourth-order valence-electron chi connectivity index (χ4n) is 4.13. The van der Waals surface area contributed by atoms with Gasteiger partial charge in [-0.25, -0.2) is 0 Å². The predicted molar refractivity (Wildman–Crippen MR) is 128 cm³/mol. The van der Waals surface area contributed by atoms with Crippen LogP contribution in [0.4, 0.5) is 0 Å². The second-order valence-electron chi connectivity index (χ2n) is 9.06. The Balaban J connectivity index is 1.60. The molecule has 6 heteroatoms. The Hall–Kier alpha value is -3.15. The summed E-state index contributed by atoms with van der Waals surface area (Å²) in [7, 11) is 0. The van der Waals surface area contributed by atoms with E-state index >= 15 is 0 Å². The van der Waals surface area contributed by atoms with Crippen LogP contribution >= 0.6 is 0 Å². The van der Waals surface area contributed by atoms with Crippen LogP contribution in [0.2, 0.25) is 0 Å². The molecule has 1 aliphatic rings. The van der Waals surface area contributed by atoms with Gasteiger partial charge in [-0.05, 0) is 36.0 Å². The number of hydrogen-bond donors (Lipinski definition) is 1. The van der Waals surface area contributed by atoms with E-state index < -0.39 is 17.9 Å². The zero-order valence-corrected chi connectivity index (χ0v) is 19.8. The number of nitrogens with one attached hydrogen (secondary N) is 1. The quantitative estimate of drug-likeness (QED) is 0.594. The van der Waals surface area contributed by atoms with Gasteiger partial charge in [0.1, 0.15) is 6.04 Å². The van der Waals surface area contributed by atoms with Crippen molar-refractivity contribution in [2.75, 3.05) is 19.7 Å². The SMILES string of the molecule is CC(C)Cc1ccc(C(C)C(=O)N2CCNC(=O)C2CC(=O)OCCc2ccccc2)cc1. The lowest BCUT2D eigenvalue weighted by molar-refractivity contribution is -0.152. The average molecular weight is 451 g/mol. The molecule has 1 N–H and O–H groups in total. The second kappa shape index (κ2) is 11.6. The van der Waals surface area contributed by atoms with Crippen LogP contribution in [0.3, 0.4) is 0 Å². The van der Waals surface area contributed by atoms with Gasteiger partial charge in [-0.15, -0.1) is 0 Å². The first-order valence-corrected chi connectivity index (χ1v) is 11.7. The van der Waals surface area contributed by atoms with Gasteiger partial charge in [0, 0.05) is 19.5 Å². The number of carbonyl (C=O) groups excluding carboxylic acids is 3. The van der Waals surface area contributed by atoms with Crippen LogP contribution in [-0.2, 0) is 32.0 Å². The molecule has 1 fully saturated rings. The smallest absolute Gasteiger partial charge is 0.308 e. The van der Waals surface area contributed by atoms with E-state index in [0.29, 0.717) is 25.4 Å². The number of hydrogen-bond acceptors (Lipinski definition) is 4. The molecule has 2 amide bonds. The van der Waals surface area contributed by atoms with Gasteiger partial charge in [-0.2, -0.15) is 0 Å². The molecular weight excluding hydrogens is 416 g/mol. The van der Waals surface area contributed by atoms with Gasteiger partial charge in [-0.3, -0.25) is 14.4 Å². The van der Waals surface area contributed by atoms with E-state index in [1.807, 2.05) is 49.4 Å². The highest BCUT2D eigenvalue weighted by molar-refractivity contribution is 5.93. The number of rotatable bonds is 9. The first-order chi connectivity index (χ1) is 15.8. The molecule has 0 aromatic heterocycles. The molecule has 3 rings (SSSR count). The van der Waals surface area contributed by atoms with Crippen molar-refractivity contribution in [2.45, 2.75) is 52.0 Å². The van der Waals surface area contributed by atoms with Gasteiger partial charge >= 0.3 is 5.97 Å². The summed E-state index contributed by atoms with van der Waals surface area (Å²) < 4.78 is 5.36. The zero-order chi connectivity index (χ0) is 23.8. The molecule has 2 unspecified atom stereocenters. The van der Waals surface area contributed by atoms with Gasteiger partial charge < -0.3 is 15.0 Å². The van der Waals surface area contributed by atoms with E-state index in [9.17, 15) is 14.4 Å². The number of ether oxygens (including phenoxy) is 1. The maximum atomic E-state index is 13.3. The minimum atomic E-state index is -0.849. The lowest BCUT2D eigenvalue weighted by atomic mass is 9.95. The van der Waals surface area contributed by atoms with E-state index in [2.05, 4.69) is 31.3 Å². The number of carbonyl (C=O) groups is 3. The average Bonchev–Trinajstić information content (AvgIpc) is 2.80. The number of amides is 2. The summed E-state index contributed by atoms with van der Waals surface area (Å²) in [6.07, 6.45) is 1.45. The molecule has 1 saturated heterocycles. The Morgan fingerprint density at radius 1 is 1.03 bits per heavy atom. The minimum Gasteiger partial charge on any atom is -0.465 e. The Morgan fingerprint density at radius 2 is 1.73 bits per heavy atom. The van der Waals surface area contributed by atoms with Crippen LogP contribution in [-0.4, -0.2) is 48.4 Å². The van der Waals surface area contributed by atoms with Crippen molar-refractivity contribution in [1.29, 1.82) is 0 Å². The minimum absolute atomic E-state index is 0.146. The summed E-state index contributed by atoms with van der Waals surface area (Å²) in [5.41, 5.74) is 3.22. The van der Waals surface area contributed by atoms with Gasteiger partial charge in [0.2, 0.25) is 11.8 Å². The molecule has 2 aromatic rings. The molecule has 0 aliphatic carbocycles. The van der Waals surface area contributed by atoms with Crippen molar-refractivity contribution in [2.24, 2.45) is 5.92 Å². The zero-order valence-electron chi connectivity index (χ0n) is 19.8. The molecule has 0 radical (unpaired) electrons. The summed E-state index contributed by atoms with van der Waals surface area (Å²) in [5.74, 6) is -0.773. The molecule has 2 aromatic carbocycles. The lowest BCUT2D eigenvalue weighted by Crippen LogP contribution is -2.58. The van der Waals surface area contributed by atoms with Crippen LogP contribution in [0, 0.1) is 5.92 Å². The van der Waals surface area contributed by atoms with Crippen LogP contribution in [0.25, 0.3) is 0 Å². The van der Waals surface area contributed by atoms with Gasteiger partial charge in [-0.1, -0.05) is 68.4 Å². The Labute approximate surface area is 196 Å². The Kier molecular flexibility index (Phi) is 8.64. The second-order valence-corrected chi connectivity index (χ2v) is 9.06. The molecule has 176 valence electrons. The molecule has 2 atom stereocenters. The summed E-state index contributed by atoms with van der Waals surface area (Å²) in [6.45, 7) is 7.20. The molecule has 0 spiro atoms. The molecule has 1 aliphatic heterocycles. The number of esters is 1. The van der Waals surface area contributed by atoms with Crippen molar-refractivity contribution in [3.63, 3.8) is 0 Å². The van der Waals surface area contributed by atoms with E-state index in [0.717, 1.165) is 17.5 Å². The van der Waals surface area contributed by atoms with Gasteiger partial charge in [0.05, 0.1) is 18.9 Å². The van der Waals surface area contributed by atoms with E-state index in [-0.39, 0.29) is 24.8 Å². The van der Waals surface area contributed by atoms with E-state index in [4.69, 9.17) is 4.74 Å². The monoisotopic (exact) mass is 450 g/mol. The van der Waals surface area contributed by atoms with Crippen molar-refractivity contribution in [3.8, 4) is 0 Å². The fourth-order valence-corrected chi connectivity index (χ4v) is 4.13. The highest BCUT2D eigenvalue weighted by Gasteiger charge is 2.37. The van der Waals surface area contributed by atoms with Gasteiger partial charge in [0.15, 0.2) is 0 Å². The van der Waals surface area contributed by atoms with Crippen LogP contribution in [0.15, 0.2) is 54.6 Å². The normalized spacial score (nSPS) is 16.9. The maximum absolute atomic E-state index is 13.3. The number of piperazine rings is 1. The first-order valence-electron chi connectivity index (χ1n) is 11.7. The summed E-state index contributed by atoms with van der Waals surface area (Å²) >= 11 is 0. The Morgan fingerprint density at radius 3 is 2.39 bits per heavy atom. The topological polar surface area (TPSA) is 75.7 Å².